The summed E-state index contributed by atoms with van der Waals surface area (Å²) >= 11 is 6.04. The number of pyridine rings is 1. The van der Waals surface area contributed by atoms with Crippen molar-refractivity contribution in [3.05, 3.63) is 59.2 Å². The maximum atomic E-state index is 13.2. The predicted octanol–water partition coefficient (Wildman–Crippen LogP) is 3.83. The number of halogens is 1. The Hall–Kier alpha value is -2.88. The molecule has 1 saturated heterocycles. The zero-order chi connectivity index (χ0) is 25.0. The standard InChI is InChI=1S/C25H29ClN4O4S/c1-17-3-6-23(34-2)24(15-17)35(32,33)30-13-8-18(9-14-30)25(31)29-12-11-28-21-7-10-27-22-16-19(26)4-5-20(21)22/h3-7,10,15-16,18H,8-9,11-14H2,1-2H3,(H,27,28)(H,29,31). The number of aryl methyl sites for hydroxylation is 1. The van der Waals surface area contributed by atoms with Crippen LogP contribution >= 0.6 is 11.6 Å². The summed E-state index contributed by atoms with van der Waals surface area (Å²) in [6, 6.07) is 12.5. The average molecular weight is 517 g/mol. The molecule has 3 aromatic rings. The molecule has 2 heterocycles. The third-order valence-electron chi connectivity index (χ3n) is 6.21. The van der Waals surface area contributed by atoms with Crippen molar-refractivity contribution >= 4 is 44.1 Å². The molecule has 0 unspecified atom stereocenters. The van der Waals surface area contributed by atoms with E-state index in [0.717, 1.165) is 22.2 Å². The molecule has 0 atom stereocenters. The van der Waals surface area contributed by atoms with Crippen LogP contribution in [-0.2, 0) is 14.8 Å². The first-order valence-corrected chi connectivity index (χ1v) is 13.3. The molecule has 2 N–H and O–H groups in total. The fourth-order valence-electron chi connectivity index (χ4n) is 4.29. The van der Waals surface area contributed by atoms with Crippen LogP contribution in [0.15, 0.2) is 53.6 Å². The van der Waals surface area contributed by atoms with E-state index < -0.39 is 10.0 Å². The van der Waals surface area contributed by atoms with Crippen LogP contribution in [0.1, 0.15) is 18.4 Å². The molecular formula is C25H29ClN4O4S. The molecule has 1 amide bonds. The largest absolute Gasteiger partial charge is 0.495 e. The zero-order valence-corrected chi connectivity index (χ0v) is 21.3. The summed E-state index contributed by atoms with van der Waals surface area (Å²) in [5, 5.41) is 7.88. The highest BCUT2D eigenvalue weighted by atomic mass is 35.5. The van der Waals surface area contributed by atoms with Crippen molar-refractivity contribution in [3.8, 4) is 5.75 Å². The van der Waals surface area contributed by atoms with Gasteiger partial charge in [0.1, 0.15) is 10.6 Å². The normalized spacial score (nSPS) is 15.2. The number of rotatable bonds is 8. The van der Waals surface area contributed by atoms with Gasteiger partial charge >= 0.3 is 0 Å². The maximum absolute atomic E-state index is 13.2. The fourth-order valence-corrected chi connectivity index (χ4v) is 6.16. The first-order valence-electron chi connectivity index (χ1n) is 11.5. The number of carbonyl (C=O) groups excluding carboxylic acids is 1. The van der Waals surface area contributed by atoms with E-state index in [4.69, 9.17) is 16.3 Å². The highest BCUT2D eigenvalue weighted by molar-refractivity contribution is 7.89. The molecule has 1 aromatic heterocycles. The van der Waals surface area contributed by atoms with Gasteiger partial charge < -0.3 is 15.4 Å². The van der Waals surface area contributed by atoms with Crippen molar-refractivity contribution in [2.45, 2.75) is 24.7 Å². The number of aromatic nitrogens is 1. The van der Waals surface area contributed by atoms with E-state index >= 15 is 0 Å². The molecule has 0 radical (unpaired) electrons. The third kappa shape index (κ3) is 5.69. The Kier molecular flexibility index (Phi) is 7.78. The van der Waals surface area contributed by atoms with E-state index in [1.165, 1.54) is 11.4 Å². The number of nitrogens with one attached hydrogen (secondary N) is 2. The minimum Gasteiger partial charge on any atom is -0.495 e. The quantitative estimate of drug-likeness (QED) is 0.441. The second-order valence-electron chi connectivity index (χ2n) is 8.57. The Morgan fingerprint density at radius 2 is 1.91 bits per heavy atom. The summed E-state index contributed by atoms with van der Waals surface area (Å²) in [5.41, 5.74) is 2.57. The van der Waals surface area contributed by atoms with Gasteiger partial charge in [0.2, 0.25) is 15.9 Å². The summed E-state index contributed by atoms with van der Waals surface area (Å²) in [6.45, 7) is 3.43. The monoisotopic (exact) mass is 516 g/mol. The van der Waals surface area contributed by atoms with Crippen molar-refractivity contribution in [1.29, 1.82) is 0 Å². The van der Waals surface area contributed by atoms with Crippen molar-refractivity contribution < 1.29 is 17.9 Å². The summed E-state index contributed by atoms with van der Waals surface area (Å²) < 4.78 is 33.1. The lowest BCUT2D eigenvalue weighted by atomic mass is 9.97. The van der Waals surface area contributed by atoms with Crippen molar-refractivity contribution in [2.75, 3.05) is 38.6 Å². The Bertz CT molecular complexity index is 1320. The summed E-state index contributed by atoms with van der Waals surface area (Å²) in [5.74, 6) is 0.0566. The third-order valence-corrected chi connectivity index (χ3v) is 8.36. The Labute approximate surface area is 210 Å². The van der Waals surface area contributed by atoms with Gasteiger partial charge in [0.05, 0.1) is 12.6 Å². The number of ether oxygens (including phenoxy) is 1. The van der Waals surface area contributed by atoms with Crippen molar-refractivity contribution in [2.24, 2.45) is 5.92 Å². The van der Waals surface area contributed by atoms with Gasteiger partial charge in [-0.15, -0.1) is 0 Å². The van der Waals surface area contributed by atoms with E-state index in [9.17, 15) is 13.2 Å². The van der Waals surface area contributed by atoms with Gasteiger partial charge in [-0.2, -0.15) is 4.31 Å². The second-order valence-corrected chi connectivity index (χ2v) is 10.9. The van der Waals surface area contributed by atoms with Gasteiger partial charge in [0.15, 0.2) is 0 Å². The summed E-state index contributed by atoms with van der Waals surface area (Å²) in [6.07, 6.45) is 2.67. The lowest BCUT2D eigenvalue weighted by Crippen LogP contribution is -2.43. The molecule has 0 saturated carbocycles. The number of hydrogen-bond donors (Lipinski definition) is 2. The number of amides is 1. The van der Waals surface area contributed by atoms with Crippen LogP contribution in [0.2, 0.25) is 5.02 Å². The molecule has 35 heavy (non-hydrogen) atoms. The number of piperidine rings is 1. The van der Waals surface area contributed by atoms with Crippen molar-refractivity contribution in [1.82, 2.24) is 14.6 Å². The minimum atomic E-state index is -3.70. The molecule has 2 aromatic carbocycles. The second kappa shape index (κ2) is 10.8. The van der Waals surface area contributed by atoms with Crippen LogP contribution in [0.3, 0.4) is 0 Å². The van der Waals surface area contributed by atoms with E-state index in [2.05, 4.69) is 15.6 Å². The first kappa shape index (κ1) is 25.2. The summed E-state index contributed by atoms with van der Waals surface area (Å²) in [4.78, 5) is 17.2. The molecule has 0 bridgehead atoms. The van der Waals surface area contributed by atoms with Crippen LogP contribution in [0.25, 0.3) is 10.9 Å². The molecule has 1 aliphatic heterocycles. The maximum Gasteiger partial charge on any atom is 0.246 e. The van der Waals surface area contributed by atoms with Gasteiger partial charge in [-0.25, -0.2) is 8.42 Å². The van der Waals surface area contributed by atoms with E-state index in [-0.39, 0.29) is 16.7 Å². The average Bonchev–Trinajstić information content (AvgIpc) is 2.86. The lowest BCUT2D eigenvalue weighted by molar-refractivity contribution is -0.126. The number of hydrogen-bond acceptors (Lipinski definition) is 6. The molecule has 0 aliphatic carbocycles. The van der Waals surface area contributed by atoms with E-state index in [1.54, 1.807) is 18.3 Å². The highest BCUT2D eigenvalue weighted by Crippen LogP contribution is 2.30. The topological polar surface area (TPSA) is 101 Å². The zero-order valence-electron chi connectivity index (χ0n) is 19.8. The Morgan fingerprint density at radius 1 is 1.14 bits per heavy atom. The van der Waals surface area contributed by atoms with Crippen LogP contribution in [0, 0.1) is 12.8 Å². The van der Waals surface area contributed by atoms with Gasteiger partial charge in [-0.05, 0) is 61.7 Å². The molecule has 10 heteroatoms. The molecule has 186 valence electrons. The van der Waals surface area contributed by atoms with Gasteiger partial charge in [0.25, 0.3) is 0 Å². The van der Waals surface area contributed by atoms with E-state index in [1.807, 2.05) is 37.3 Å². The van der Waals surface area contributed by atoms with E-state index in [0.29, 0.717) is 49.8 Å². The molecule has 8 nitrogen and oxygen atoms in total. The van der Waals surface area contributed by atoms with Crippen LogP contribution < -0.4 is 15.4 Å². The van der Waals surface area contributed by atoms with Crippen LogP contribution in [0.4, 0.5) is 5.69 Å². The minimum absolute atomic E-state index is 0.0525. The number of sulfonamides is 1. The smallest absolute Gasteiger partial charge is 0.246 e. The van der Waals surface area contributed by atoms with Crippen molar-refractivity contribution in [3.63, 3.8) is 0 Å². The Balaban J connectivity index is 1.28. The molecule has 1 fully saturated rings. The van der Waals surface area contributed by atoms with Gasteiger partial charge in [0, 0.05) is 54.4 Å². The van der Waals surface area contributed by atoms with Crippen LogP contribution in [0.5, 0.6) is 5.75 Å². The lowest BCUT2D eigenvalue weighted by Gasteiger charge is -2.31. The number of carbonyl (C=O) groups is 1. The number of fused-ring (bicyclic) bond motifs is 1. The number of benzene rings is 2. The molecular weight excluding hydrogens is 488 g/mol. The van der Waals surface area contributed by atoms with Gasteiger partial charge in [-0.1, -0.05) is 17.7 Å². The number of methoxy groups -OCH3 is 1. The first-order chi connectivity index (χ1) is 16.8. The Morgan fingerprint density at radius 3 is 2.66 bits per heavy atom. The highest BCUT2D eigenvalue weighted by Gasteiger charge is 2.33. The SMILES string of the molecule is COc1ccc(C)cc1S(=O)(=O)N1CCC(C(=O)NCCNc2ccnc3cc(Cl)ccc23)CC1. The van der Waals surface area contributed by atoms with Gasteiger partial charge in [-0.3, -0.25) is 9.78 Å². The molecule has 0 spiro atoms. The van der Waals surface area contributed by atoms with Crippen LogP contribution in [-0.4, -0.2) is 56.9 Å². The number of nitrogens with zero attached hydrogens (tertiary/aromatic N) is 2. The summed E-state index contributed by atoms with van der Waals surface area (Å²) in [7, 11) is -2.24. The fraction of sp³-hybridized carbons (Fsp3) is 0.360. The predicted molar refractivity (Wildman–Crippen MR) is 137 cm³/mol. The molecule has 4 rings (SSSR count). The molecule has 1 aliphatic rings. The number of anilines is 1.